The maximum atomic E-state index is 12.0. The number of ether oxygens (including phenoxy) is 1. The first-order valence-corrected chi connectivity index (χ1v) is 9.48. The summed E-state index contributed by atoms with van der Waals surface area (Å²) in [6.07, 6.45) is 6.37. The van der Waals surface area contributed by atoms with Crippen LogP contribution in [0.4, 0.5) is 0 Å². The van der Waals surface area contributed by atoms with Gasteiger partial charge in [0, 0.05) is 30.3 Å². The van der Waals surface area contributed by atoms with Crippen LogP contribution in [0.15, 0.2) is 29.6 Å². The molecule has 0 saturated heterocycles. The molecule has 2 aromatic rings. The molecule has 0 aliphatic heterocycles. The highest BCUT2D eigenvalue weighted by atomic mass is 32.1. The van der Waals surface area contributed by atoms with Gasteiger partial charge in [-0.1, -0.05) is 12.8 Å². The van der Waals surface area contributed by atoms with E-state index in [0.717, 1.165) is 28.6 Å². The Bertz CT molecular complexity index is 660. The molecule has 1 heterocycles. The zero-order valence-electron chi connectivity index (χ0n) is 14.1. The summed E-state index contributed by atoms with van der Waals surface area (Å²) in [4.78, 5) is 16.6. The third-order valence-corrected chi connectivity index (χ3v) is 5.47. The van der Waals surface area contributed by atoms with Gasteiger partial charge in [0.2, 0.25) is 5.91 Å². The highest BCUT2D eigenvalue weighted by Gasteiger charge is 2.15. The predicted molar refractivity (Wildman–Crippen MR) is 97.4 cm³/mol. The van der Waals surface area contributed by atoms with Crippen LogP contribution in [0.3, 0.4) is 0 Å². The molecule has 0 radical (unpaired) electrons. The molecule has 4 nitrogen and oxygen atoms in total. The smallest absolute Gasteiger partial charge is 0.220 e. The molecular formula is C19H24N2O2S. The van der Waals surface area contributed by atoms with Gasteiger partial charge in [-0.3, -0.25) is 4.79 Å². The van der Waals surface area contributed by atoms with Crippen LogP contribution in [-0.4, -0.2) is 24.5 Å². The molecule has 1 aliphatic rings. The molecule has 24 heavy (non-hydrogen) atoms. The summed E-state index contributed by atoms with van der Waals surface area (Å²) >= 11 is 1.62. The van der Waals surface area contributed by atoms with E-state index in [1.807, 2.05) is 29.6 Å². The molecular weight excluding hydrogens is 320 g/mol. The van der Waals surface area contributed by atoms with Crippen LogP contribution < -0.4 is 10.1 Å². The van der Waals surface area contributed by atoms with Crippen LogP contribution in [0.1, 0.15) is 37.1 Å². The van der Waals surface area contributed by atoms with Crippen LogP contribution in [-0.2, 0) is 11.2 Å². The lowest BCUT2D eigenvalue weighted by Gasteiger charge is -2.09. The second-order valence-electron chi connectivity index (χ2n) is 6.31. The standard InChI is InChI=1S/C19H24N2O2S/c1-23-16-8-6-15(7-9-16)17-13-24-19(21-17)11-10-18(22)20-12-14-4-2-3-5-14/h6-9,13-14H,2-5,10-12H2,1H3,(H,20,22). The van der Waals surface area contributed by atoms with Gasteiger partial charge in [0.1, 0.15) is 5.75 Å². The fraction of sp³-hybridized carbons (Fsp3) is 0.474. The maximum Gasteiger partial charge on any atom is 0.220 e. The van der Waals surface area contributed by atoms with Gasteiger partial charge in [-0.2, -0.15) is 0 Å². The molecule has 1 amide bonds. The lowest BCUT2D eigenvalue weighted by Crippen LogP contribution is -2.28. The molecule has 1 N–H and O–H groups in total. The quantitative estimate of drug-likeness (QED) is 0.824. The Hall–Kier alpha value is -1.88. The normalized spacial score (nSPS) is 14.7. The zero-order chi connectivity index (χ0) is 16.8. The number of nitrogens with one attached hydrogen (secondary N) is 1. The SMILES string of the molecule is COc1ccc(-c2csc(CCC(=O)NCC3CCCC3)n2)cc1. The van der Waals surface area contributed by atoms with E-state index in [9.17, 15) is 4.79 Å². The number of aryl methyl sites for hydroxylation is 1. The van der Waals surface area contributed by atoms with Gasteiger partial charge >= 0.3 is 0 Å². The molecule has 3 rings (SSSR count). The maximum absolute atomic E-state index is 12.0. The number of hydrogen-bond donors (Lipinski definition) is 1. The molecule has 1 saturated carbocycles. The Balaban J connectivity index is 1.47. The second kappa shape index (κ2) is 8.29. The van der Waals surface area contributed by atoms with E-state index in [1.54, 1.807) is 18.4 Å². The van der Waals surface area contributed by atoms with Crippen molar-refractivity contribution in [2.45, 2.75) is 38.5 Å². The number of nitrogens with zero attached hydrogens (tertiary/aromatic N) is 1. The number of aromatic nitrogens is 1. The van der Waals surface area contributed by atoms with E-state index in [0.29, 0.717) is 18.8 Å². The van der Waals surface area contributed by atoms with E-state index in [4.69, 9.17) is 4.74 Å². The van der Waals surface area contributed by atoms with E-state index in [1.165, 1.54) is 25.7 Å². The Morgan fingerprint density at radius 3 is 2.75 bits per heavy atom. The Kier molecular flexibility index (Phi) is 5.86. The van der Waals surface area contributed by atoms with Crippen molar-refractivity contribution >= 4 is 17.2 Å². The zero-order valence-corrected chi connectivity index (χ0v) is 14.9. The Morgan fingerprint density at radius 1 is 1.29 bits per heavy atom. The minimum atomic E-state index is 0.142. The summed E-state index contributed by atoms with van der Waals surface area (Å²) in [7, 11) is 1.66. The number of methoxy groups -OCH3 is 1. The van der Waals surface area contributed by atoms with E-state index in [2.05, 4.69) is 10.3 Å². The average molecular weight is 344 g/mol. The highest BCUT2D eigenvalue weighted by molar-refractivity contribution is 7.09. The van der Waals surface area contributed by atoms with Gasteiger partial charge in [-0.05, 0) is 43.0 Å². The van der Waals surface area contributed by atoms with Gasteiger partial charge in [0.05, 0.1) is 17.8 Å². The van der Waals surface area contributed by atoms with Crippen LogP contribution in [0, 0.1) is 5.92 Å². The minimum absolute atomic E-state index is 0.142. The van der Waals surface area contributed by atoms with Gasteiger partial charge in [0.15, 0.2) is 0 Å². The molecule has 0 unspecified atom stereocenters. The number of carbonyl (C=O) groups is 1. The van der Waals surface area contributed by atoms with Crippen LogP contribution in [0.2, 0.25) is 0 Å². The molecule has 128 valence electrons. The average Bonchev–Trinajstić information content (AvgIpc) is 3.30. The summed E-state index contributed by atoms with van der Waals surface area (Å²) in [5, 5.41) is 6.13. The number of thiazole rings is 1. The van der Waals surface area contributed by atoms with Gasteiger partial charge in [-0.25, -0.2) is 4.98 Å². The molecule has 1 aromatic heterocycles. The minimum Gasteiger partial charge on any atom is -0.497 e. The number of carbonyl (C=O) groups excluding carboxylic acids is 1. The van der Waals surface area contributed by atoms with Crippen molar-refractivity contribution in [2.24, 2.45) is 5.92 Å². The van der Waals surface area contributed by atoms with Gasteiger partial charge in [-0.15, -0.1) is 11.3 Å². The monoisotopic (exact) mass is 344 g/mol. The van der Waals surface area contributed by atoms with Crippen molar-refractivity contribution in [3.05, 3.63) is 34.7 Å². The third-order valence-electron chi connectivity index (χ3n) is 4.57. The van der Waals surface area contributed by atoms with Crippen molar-refractivity contribution in [3.63, 3.8) is 0 Å². The first kappa shape index (κ1) is 17.0. The van der Waals surface area contributed by atoms with Crippen LogP contribution >= 0.6 is 11.3 Å². The first-order valence-electron chi connectivity index (χ1n) is 8.60. The van der Waals surface area contributed by atoms with Crippen molar-refractivity contribution in [2.75, 3.05) is 13.7 Å². The second-order valence-corrected chi connectivity index (χ2v) is 7.25. The summed E-state index contributed by atoms with van der Waals surface area (Å²) in [5.41, 5.74) is 2.04. The molecule has 1 aromatic carbocycles. The number of hydrogen-bond acceptors (Lipinski definition) is 4. The lowest BCUT2D eigenvalue weighted by atomic mass is 10.1. The third kappa shape index (κ3) is 4.57. The van der Waals surface area contributed by atoms with Crippen LogP contribution in [0.25, 0.3) is 11.3 Å². The fourth-order valence-electron chi connectivity index (χ4n) is 3.10. The van der Waals surface area contributed by atoms with E-state index in [-0.39, 0.29) is 5.91 Å². The Labute approximate surface area is 147 Å². The van der Waals surface area contributed by atoms with Crippen molar-refractivity contribution in [1.29, 1.82) is 0 Å². The lowest BCUT2D eigenvalue weighted by molar-refractivity contribution is -0.121. The summed E-state index contributed by atoms with van der Waals surface area (Å²) in [6, 6.07) is 7.88. The molecule has 1 aliphatic carbocycles. The number of rotatable bonds is 7. The highest BCUT2D eigenvalue weighted by Crippen LogP contribution is 2.25. The first-order chi connectivity index (χ1) is 11.7. The van der Waals surface area contributed by atoms with Crippen molar-refractivity contribution < 1.29 is 9.53 Å². The van der Waals surface area contributed by atoms with Gasteiger partial charge in [0.25, 0.3) is 0 Å². The van der Waals surface area contributed by atoms with Gasteiger partial charge < -0.3 is 10.1 Å². The topological polar surface area (TPSA) is 51.2 Å². The Morgan fingerprint density at radius 2 is 2.04 bits per heavy atom. The van der Waals surface area contributed by atoms with Crippen LogP contribution in [0.5, 0.6) is 5.75 Å². The summed E-state index contributed by atoms with van der Waals surface area (Å²) in [5.74, 6) is 1.67. The molecule has 1 fully saturated rings. The molecule has 0 spiro atoms. The molecule has 0 bridgehead atoms. The largest absolute Gasteiger partial charge is 0.497 e. The molecule has 5 heteroatoms. The van der Waals surface area contributed by atoms with E-state index >= 15 is 0 Å². The van der Waals surface area contributed by atoms with Crippen molar-refractivity contribution in [1.82, 2.24) is 10.3 Å². The summed E-state index contributed by atoms with van der Waals surface area (Å²) < 4.78 is 5.17. The van der Waals surface area contributed by atoms with Crippen molar-refractivity contribution in [3.8, 4) is 17.0 Å². The summed E-state index contributed by atoms with van der Waals surface area (Å²) in [6.45, 7) is 0.841. The predicted octanol–water partition coefficient (Wildman–Crippen LogP) is 4.06. The van der Waals surface area contributed by atoms with E-state index < -0.39 is 0 Å². The number of benzene rings is 1. The number of amides is 1. The fourth-order valence-corrected chi connectivity index (χ4v) is 3.91. The molecule has 0 atom stereocenters.